The van der Waals surface area contributed by atoms with Gasteiger partial charge in [0.15, 0.2) is 6.19 Å². The predicted octanol–water partition coefficient (Wildman–Crippen LogP) is 3.60. The van der Waals surface area contributed by atoms with Crippen LogP contribution in [0.5, 0.6) is 0 Å². The number of carbonyl (C=O) groups excluding carboxylic acids is 1. The Kier molecular flexibility index (Phi) is 12.1. The summed E-state index contributed by atoms with van der Waals surface area (Å²) in [7, 11) is 5.07. The number of halogens is 3. The zero-order valence-electron chi connectivity index (χ0n) is 22.5. The lowest BCUT2D eigenvalue weighted by Crippen LogP contribution is -2.50. The van der Waals surface area contributed by atoms with E-state index in [1.807, 2.05) is 20.0 Å². The summed E-state index contributed by atoms with van der Waals surface area (Å²) in [6.45, 7) is 5.98. The highest BCUT2D eigenvalue weighted by atomic mass is 19.4. The van der Waals surface area contributed by atoms with Crippen molar-refractivity contribution in [3.63, 3.8) is 0 Å². The fourth-order valence-electron chi connectivity index (χ4n) is 4.82. The summed E-state index contributed by atoms with van der Waals surface area (Å²) in [6.07, 6.45) is 2.15. The molecule has 0 spiro atoms. The third-order valence-electron chi connectivity index (χ3n) is 6.72. The number of amides is 1. The molecule has 2 aliphatic heterocycles. The van der Waals surface area contributed by atoms with Crippen molar-refractivity contribution in [2.45, 2.75) is 76.9 Å². The number of alkyl halides is 3. The van der Waals surface area contributed by atoms with Gasteiger partial charge in [0.1, 0.15) is 0 Å². The van der Waals surface area contributed by atoms with E-state index in [1.54, 1.807) is 26.1 Å². The first kappa shape index (κ1) is 30.8. The normalized spacial score (nSPS) is 25.0. The smallest absolute Gasteiger partial charge is 0.379 e. The summed E-state index contributed by atoms with van der Waals surface area (Å²) >= 11 is 0. The van der Waals surface area contributed by atoms with Crippen molar-refractivity contribution in [2.24, 2.45) is 5.92 Å². The van der Waals surface area contributed by atoms with Crippen LogP contribution < -0.4 is 5.32 Å². The SMILES string of the molecule is CC.CN(C)C#N.COC1COCCC1NC1CCC(C(=O)N2CCc3ncc(C(F)(F)F)cc3C2)C1. The number of carbonyl (C=O) groups is 1. The van der Waals surface area contributed by atoms with Gasteiger partial charge >= 0.3 is 6.18 Å². The molecule has 0 radical (unpaired) electrons. The van der Waals surface area contributed by atoms with Crippen LogP contribution in [0.3, 0.4) is 0 Å². The van der Waals surface area contributed by atoms with E-state index in [-0.39, 0.29) is 36.6 Å². The fourth-order valence-corrected chi connectivity index (χ4v) is 4.82. The highest BCUT2D eigenvalue weighted by molar-refractivity contribution is 5.79. The molecular formula is C26H40F3N5O3. The molecule has 11 heteroatoms. The number of rotatable bonds is 4. The van der Waals surface area contributed by atoms with Crippen LogP contribution in [0.2, 0.25) is 0 Å². The Bertz CT molecular complexity index is 906. The minimum atomic E-state index is -4.43. The van der Waals surface area contributed by atoms with Gasteiger partial charge in [-0.15, -0.1) is 0 Å². The van der Waals surface area contributed by atoms with Gasteiger partial charge in [0.2, 0.25) is 5.91 Å². The zero-order valence-corrected chi connectivity index (χ0v) is 22.5. The standard InChI is InChI=1S/C21H28F3N3O3.C3H6N2.C2H6/c1-29-19-12-30-7-5-18(19)26-16-3-2-13(9-16)20(28)27-6-4-17-14(11-27)8-15(10-25-17)21(22,23)24;1-5(2)3-4;1-2/h8,10,13,16,18-19,26H,2-7,9,11-12H2,1H3;1-2H3;1-2H3. The Hall–Kier alpha value is -2.42. The maximum absolute atomic E-state index is 13.1. The maximum atomic E-state index is 13.1. The van der Waals surface area contributed by atoms with E-state index in [1.165, 1.54) is 4.90 Å². The van der Waals surface area contributed by atoms with Gasteiger partial charge in [-0.2, -0.15) is 18.4 Å². The molecule has 4 rings (SSSR count). The van der Waals surface area contributed by atoms with Crippen molar-refractivity contribution < 1.29 is 27.4 Å². The summed E-state index contributed by atoms with van der Waals surface area (Å²) < 4.78 is 50.0. The summed E-state index contributed by atoms with van der Waals surface area (Å²) in [5.74, 6) is -0.0544. The number of nitriles is 1. The number of fused-ring (bicyclic) bond motifs is 1. The topological polar surface area (TPSA) is 90.7 Å². The minimum Gasteiger partial charge on any atom is -0.379 e. The molecule has 4 unspecified atom stereocenters. The third-order valence-corrected chi connectivity index (χ3v) is 6.72. The molecule has 3 heterocycles. The molecule has 2 fully saturated rings. The molecule has 8 nitrogen and oxygen atoms in total. The number of hydrogen-bond donors (Lipinski definition) is 1. The molecule has 1 aromatic rings. The second kappa shape index (κ2) is 14.5. The number of aromatic nitrogens is 1. The summed E-state index contributed by atoms with van der Waals surface area (Å²) in [5, 5.41) is 11.5. The van der Waals surface area contributed by atoms with Gasteiger partial charge in [-0.05, 0) is 37.3 Å². The van der Waals surface area contributed by atoms with E-state index in [9.17, 15) is 18.0 Å². The van der Waals surface area contributed by atoms with Crippen LogP contribution in [-0.4, -0.2) is 79.8 Å². The first-order chi connectivity index (χ1) is 17.6. The number of ether oxygens (including phenoxy) is 2. The first-order valence-corrected chi connectivity index (χ1v) is 12.9. The first-order valence-electron chi connectivity index (χ1n) is 12.9. The molecule has 1 aromatic heterocycles. The van der Waals surface area contributed by atoms with E-state index in [2.05, 4.69) is 10.3 Å². The Morgan fingerprint density at radius 3 is 2.62 bits per heavy atom. The van der Waals surface area contributed by atoms with Crippen LogP contribution >= 0.6 is 0 Å². The van der Waals surface area contributed by atoms with Gasteiger partial charge in [0.05, 0.1) is 18.3 Å². The van der Waals surface area contributed by atoms with Crippen molar-refractivity contribution >= 4 is 5.91 Å². The molecule has 1 aliphatic carbocycles. The molecule has 3 aliphatic rings. The predicted molar refractivity (Wildman–Crippen MR) is 133 cm³/mol. The minimum absolute atomic E-state index is 0.0161. The summed E-state index contributed by atoms with van der Waals surface area (Å²) in [6, 6.07) is 1.60. The highest BCUT2D eigenvalue weighted by Gasteiger charge is 2.37. The third kappa shape index (κ3) is 8.83. The van der Waals surface area contributed by atoms with Crippen LogP contribution in [-0.2, 0) is 33.4 Å². The second-order valence-corrected chi connectivity index (χ2v) is 9.45. The van der Waals surface area contributed by atoms with E-state index in [0.29, 0.717) is 37.4 Å². The quantitative estimate of drug-likeness (QED) is 0.473. The molecule has 1 amide bonds. The Morgan fingerprint density at radius 2 is 2.00 bits per heavy atom. The van der Waals surface area contributed by atoms with Crippen LogP contribution in [0.15, 0.2) is 12.3 Å². The molecule has 37 heavy (non-hydrogen) atoms. The zero-order chi connectivity index (χ0) is 27.6. The van der Waals surface area contributed by atoms with Gasteiger partial charge in [-0.3, -0.25) is 9.78 Å². The van der Waals surface area contributed by atoms with E-state index in [4.69, 9.17) is 14.7 Å². The number of pyridine rings is 1. The van der Waals surface area contributed by atoms with Crippen molar-refractivity contribution in [1.29, 1.82) is 5.26 Å². The second-order valence-electron chi connectivity index (χ2n) is 9.45. The van der Waals surface area contributed by atoms with Crippen LogP contribution in [0, 0.1) is 17.4 Å². The van der Waals surface area contributed by atoms with Gasteiger partial charge in [0.25, 0.3) is 0 Å². The molecule has 1 saturated heterocycles. The van der Waals surface area contributed by atoms with Gasteiger partial charge in [-0.25, -0.2) is 0 Å². The molecular weight excluding hydrogens is 487 g/mol. The molecule has 208 valence electrons. The summed E-state index contributed by atoms with van der Waals surface area (Å²) in [4.78, 5) is 20.2. The van der Waals surface area contributed by atoms with Crippen molar-refractivity contribution in [3.05, 3.63) is 29.1 Å². The van der Waals surface area contributed by atoms with E-state index >= 15 is 0 Å². The molecule has 0 aromatic carbocycles. The number of hydrogen-bond acceptors (Lipinski definition) is 7. The molecule has 0 bridgehead atoms. The number of nitrogens with zero attached hydrogens (tertiary/aromatic N) is 4. The Labute approximate surface area is 218 Å². The Morgan fingerprint density at radius 1 is 1.30 bits per heavy atom. The maximum Gasteiger partial charge on any atom is 0.417 e. The van der Waals surface area contributed by atoms with E-state index < -0.39 is 11.7 Å². The fraction of sp³-hybridized carbons (Fsp3) is 0.731. The average Bonchev–Trinajstić information content (AvgIpc) is 3.37. The van der Waals surface area contributed by atoms with Gasteiger partial charge < -0.3 is 24.6 Å². The monoisotopic (exact) mass is 527 g/mol. The lowest BCUT2D eigenvalue weighted by Gasteiger charge is -2.33. The van der Waals surface area contributed by atoms with Crippen molar-refractivity contribution in [1.82, 2.24) is 20.1 Å². The van der Waals surface area contributed by atoms with Crippen molar-refractivity contribution in [3.8, 4) is 6.19 Å². The van der Waals surface area contributed by atoms with Gasteiger partial charge in [0, 0.05) is 77.2 Å². The van der Waals surface area contributed by atoms with Crippen LogP contribution in [0.4, 0.5) is 13.2 Å². The molecule has 4 atom stereocenters. The lowest BCUT2D eigenvalue weighted by molar-refractivity contribution is -0.138. The highest BCUT2D eigenvalue weighted by Crippen LogP contribution is 2.33. The van der Waals surface area contributed by atoms with E-state index in [0.717, 1.165) is 37.9 Å². The van der Waals surface area contributed by atoms with Crippen LogP contribution in [0.1, 0.15) is 56.4 Å². The van der Waals surface area contributed by atoms with Crippen LogP contribution in [0.25, 0.3) is 0 Å². The number of methoxy groups -OCH3 is 1. The molecule has 1 saturated carbocycles. The number of nitrogens with one attached hydrogen (secondary N) is 1. The lowest BCUT2D eigenvalue weighted by atomic mass is 10.00. The van der Waals surface area contributed by atoms with Gasteiger partial charge in [-0.1, -0.05) is 13.8 Å². The molecule has 1 N–H and O–H groups in total. The van der Waals surface area contributed by atoms with Crippen molar-refractivity contribution in [2.75, 3.05) is 41.0 Å². The Balaban J connectivity index is 0.000000617. The largest absolute Gasteiger partial charge is 0.417 e. The summed E-state index contributed by atoms with van der Waals surface area (Å²) in [5.41, 5.74) is 0.398. The average molecular weight is 528 g/mol.